The quantitative estimate of drug-likeness (QED) is 0.774. The number of benzene rings is 2. The van der Waals surface area contributed by atoms with Crippen LogP contribution < -0.4 is 5.32 Å². The van der Waals surface area contributed by atoms with E-state index in [4.69, 9.17) is 9.52 Å². The van der Waals surface area contributed by atoms with E-state index >= 15 is 0 Å². The number of amides is 1. The summed E-state index contributed by atoms with van der Waals surface area (Å²) in [6.45, 7) is 1.43. The molecule has 1 heterocycles. The molecule has 2 N–H and O–H groups in total. The minimum Gasteiger partial charge on any atom is -0.478 e. The molecule has 0 aliphatic rings. The molecule has 22 heavy (non-hydrogen) atoms. The lowest BCUT2D eigenvalue weighted by Crippen LogP contribution is -2.05. The van der Waals surface area contributed by atoms with Gasteiger partial charge in [0.15, 0.2) is 5.58 Å². The Balaban J connectivity index is 2.03. The smallest absolute Gasteiger partial charge is 0.335 e. The molecule has 0 saturated carbocycles. The average molecular weight is 296 g/mol. The Morgan fingerprint density at radius 2 is 2.00 bits per heavy atom. The fourth-order valence-corrected chi connectivity index (χ4v) is 2.12. The number of oxazole rings is 1. The maximum absolute atomic E-state index is 11.1. The molecular formula is C16H12N2O4. The van der Waals surface area contributed by atoms with Gasteiger partial charge in [-0.15, -0.1) is 0 Å². The lowest BCUT2D eigenvalue weighted by atomic mass is 10.1. The Morgan fingerprint density at radius 3 is 2.73 bits per heavy atom. The Morgan fingerprint density at radius 1 is 1.18 bits per heavy atom. The number of hydrogen-bond acceptors (Lipinski definition) is 4. The van der Waals surface area contributed by atoms with Crippen LogP contribution in [0.4, 0.5) is 5.69 Å². The molecule has 0 spiro atoms. The van der Waals surface area contributed by atoms with Crippen LogP contribution in [0.25, 0.3) is 22.6 Å². The highest BCUT2D eigenvalue weighted by Crippen LogP contribution is 2.26. The number of rotatable bonds is 3. The molecule has 0 aliphatic heterocycles. The van der Waals surface area contributed by atoms with Crippen LogP contribution in [0.3, 0.4) is 0 Å². The summed E-state index contributed by atoms with van der Waals surface area (Å²) in [7, 11) is 0. The van der Waals surface area contributed by atoms with E-state index in [1.807, 2.05) is 0 Å². The van der Waals surface area contributed by atoms with Crippen LogP contribution in [0.1, 0.15) is 17.3 Å². The van der Waals surface area contributed by atoms with Gasteiger partial charge in [-0.3, -0.25) is 4.79 Å². The van der Waals surface area contributed by atoms with E-state index in [1.165, 1.54) is 19.1 Å². The van der Waals surface area contributed by atoms with E-state index in [1.54, 1.807) is 30.3 Å². The molecule has 6 heteroatoms. The van der Waals surface area contributed by atoms with Gasteiger partial charge in [0.1, 0.15) is 5.52 Å². The summed E-state index contributed by atoms with van der Waals surface area (Å²) >= 11 is 0. The van der Waals surface area contributed by atoms with Gasteiger partial charge in [0.05, 0.1) is 5.56 Å². The van der Waals surface area contributed by atoms with E-state index in [2.05, 4.69) is 10.3 Å². The van der Waals surface area contributed by atoms with Crippen LogP contribution in [0, 0.1) is 0 Å². The number of aromatic carboxylic acids is 1. The van der Waals surface area contributed by atoms with Gasteiger partial charge in [0.2, 0.25) is 11.8 Å². The Labute approximate surface area is 125 Å². The molecule has 0 saturated heterocycles. The van der Waals surface area contributed by atoms with Crippen LogP contribution in [-0.2, 0) is 4.79 Å². The summed E-state index contributed by atoms with van der Waals surface area (Å²) in [6.07, 6.45) is 0. The monoisotopic (exact) mass is 296 g/mol. The van der Waals surface area contributed by atoms with E-state index in [9.17, 15) is 9.59 Å². The SMILES string of the molecule is CC(=O)Nc1ccc2oc(-c3cccc(C(=O)O)c3)nc2c1. The van der Waals surface area contributed by atoms with Crippen LogP contribution in [0.15, 0.2) is 46.9 Å². The summed E-state index contributed by atoms with van der Waals surface area (Å²) in [5.74, 6) is -0.846. The molecule has 2 aromatic carbocycles. The molecule has 3 aromatic rings. The summed E-state index contributed by atoms with van der Waals surface area (Å²) in [5, 5.41) is 11.7. The zero-order chi connectivity index (χ0) is 15.7. The van der Waals surface area contributed by atoms with Gasteiger partial charge in [0.25, 0.3) is 0 Å². The van der Waals surface area contributed by atoms with Crippen molar-refractivity contribution in [1.29, 1.82) is 0 Å². The second-order valence-electron chi connectivity index (χ2n) is 4.77. The van der Waals surface area contributed by atoms with Crippen molar-refractivity contribution < 1.29 is 19.1 Å². The molecule has 6 nitrogen and oxygen atoms in total. The molecule has 110 valence electrons. The van der Waals surface area contributed by atoms with Crippen LogP contribution in [0.2, 0.25) is 0 Å². The van der Waals surface area contributed by atoms with E-state index in [-0.39, 0.29) is 11.5 Å². The highest BCUT2D eigenvalue weighted by Gasteiger charge is 2.11. The van der Waals surface area contributed by atoms with Gasteiger partial charge >= 0.3 is 5.97 Å². The molecule has 0 radical (unpaired) electrons. The predicted molar refractivity (Wildman–Crippen MR) is 80.7 cm³/mol. The number of carboxylic acids is 1. The predicted octanol–water partition coefficient (Wildman–Crippen LogP) is 3.15. The van der Waals surface area contributed by atoms with Crippen molar-refractivity contribution in [3.8, 4) is 11.5 Å². The second kappa shape index (κ2) is 5.33. The fourth-order valence-electron chi connectivity index (χ4n) is 2.12. The number of carbonyl (C=O) groups excluding carboxylic acids is 1. The zero-order valence-electron chi connectivity index (χ0n) is 11.7. The number of nitrogens with zero attached hydrogens (tertiary/aromatic N) is 1. The Hall–Kier alpha value is -3.15. The molecule has 0 aliphatic carbocycles. The van der Waals surface area contributed by atoms with Gasteiger partial charge in [-0.05, 0) is 36.4 Å². The molecule has 3 rings (SSSR count). The van der Waals surface area contributed by atoms with Gasteiger partial charge in [-0.1, -0.05) is 6.07 Å². The number of carbonyl (C=O) groups is 2. The van der Waals surface area contributed by atoms with Crippen molar-refractivity contribution in [2.24, 2.45) is 0 Å². The summed E-state index contributed by atoms with van der Waals surface area (Å²) in [6, 6.07) is 11.5. The van der Waals surface area contributed by atoms with E-state index in [0.29, 0.717) is 28.2 Å². The van der Waals surface area contributed by atoms with E-state index in [0.717, 1.165) is 0 Å². The fraction of sp³-hybridized carbons (Fsp3) is 0.0625. The second-order valence-corrected chi connectivity index (χ2v) is 4.77. The number of nitrogens with one attached hydrogen (secondary N) is 1. The van der Waals surface area contributed by atoms with Crippen LogP contribution in [-0.4, -0.2) is 22.0 Å². The van der Waals surface area contributed by atoms with Crippen molar-refractivity contribution in [2.75, 3.05) is 5.32 Å². The van der Waals surface area contributed by atoms with Crippen molar-refractivity contribution >= 4 is 28.7 Å². The van der Waals surface area contributed by atoms with E-state index < -0.39 is 5.97 Å². The third-order valence-electron chi connectivity index (χ3n) is 3.06. The lowest BCUT2D eigenvalue weighted by molar-refractivity contribution is -0.114. The first-order chi connectivity index (χ1) is 10.5. The highest BCUT2D eigenvalue weighted by molar-refractivity contribution is 5.92. The Kier molecular flexibility index (Phi) is 3.34. The maximum atomic E-state index is 11.1. The molecule has 0 fully saturated rings. The van der Waals surface area contributed by atoms with Crippen molar-refractivity contribution in [3.05, 3.63) is 48.0 Å². The molecule has 0 bridgehead atoms. The normalized spacial score (nSPS) is 10.6. The molecule has 0 atom stereocenters. The standard InChI is InChI=1S/C16H12N2O4/c1-9(19)17-12-5-6-14-13(8-12)18-15(22-14)10-3-2-4-11(7-10)16(20)21/h2-8H,1H3,(H,17,19)(H,20,21). The molecule has 1 aromatic heterocycles. The lowest BCUT2D eigenvalue weighted by Gasteiger charge is -1.99. The highest BCUT2D eigenvalue weighted by atomic mass is 16.4. The number of anilines is 1. The first kappa shape index (κ1) is 13.8. The largest absolute Gasteiger partial charge is 0.478 e. The topological polar surface area (TPSA) is 92.4 Å². The van der Waals surface area contributed by atoms with Crippen LogP contribution in [0.5, 0.6) is 0 Å². The number of carboxylic acid groups (broad SMARTS) is 1. The summed E-state index contributed by atoms with van der Waals surface area (Å²) in [5.41, 5.74) is 2.52. The van der Waals surface area contributed by atoms with Gasteiger partial charge in [-0.2, -0.15) is 0 Å². The third kappa shape index (κ3) is 2.67. The van der Waals surface area contributed by atoms with Gasteiger partial charge in [-0.25, -0.2) is 9.78 Å². The Bertz CT molecular complexity index is 883. The van der Waals surface area contributed by atoms with Crippen molar-refractivity contribution in [2.45, 2.75) is 6.92 Å². The minimum atomic E-state index is -1.01. The first-order valence-corrected chi connectivity index (χ1v) is 6.55. The van der Waals surface area contributed by atoms with Gasteiger partial charge in [0, 0.05) is 18.2 Å². The first-order valence-electron chi connectivity index (χ1n) is 6.55. The summed E-state index contributed by atoms with van der Waals surface area (Å²) < 4.78 is 5.63. The summed E-state index contributed by atoms with van der Waals surface area (Å²) in [4.78, 5) is 26.4. The zero-order valence-corrected chi connectivity index (χ0v) is 11.7. The maximum Gasteiger partial charge on any atom is 0.335 e. The third-order valence-corrected chi connectivity index (χ3v) is 3.06. The number of aromatic nitrogens is 1. The van der Waals surface area contributed by atoms with Crippen molar-refractivity contribution in [1.82, 2.24) is 4.98 Å². The molecular weight excluding hydrogens is 284 g/mol. The molecule has 0 unspecified atom stereocenters. The van der Waals surface area contributed by atoms with Crippen LogP contribution >= 0.6 is 0 Å². The van der Waals surface area contributed by atoms with Gasteiger partial charge < -0.3 is 14.8 Å². The average Bonchev–Trinajstić information content (AvgIpc) is 2.90. The molecule has 1 amide bonds. The number of hydrogen-bond donors (Lipinski definition) is 2. The minimum absolute atomic E-state index is 0.165. The van der Waals surface area contributed by atoms with Crippen molar-refractivity contribution in [3.63, 3.8) is 0 Å². The number of fused-ring (bicyclic) bond motifs is 1.